The fourth-order valence-electron chi connectivity index (χ4n) is 3.19. The molecule has 0 amide bonds. The summed E-state index contributed by atoms with van der Waals surface area (Å²) < 4.78 is 0. The van der Waals surface area contributed by atoms with Gasteiger partial charge in [0.05, 0.1) is 0 Å². The first-order valence-electron chi connectivity index (χ1n) is 7.47. The molecular formula is C16H27N3. The van der Waals surface area contributed by atoms with Gasteiger partial charge in [0.2, 0.25) is 0 Å². The lowest BCUT2D eigenvalue weighted by Gasteiger charge is -2.37. The summed E-state index contributed by atoms with van der Waals surface area (Å²) in [5.41, 5.74) is 2.43. The molecule has 3 nitrogen and oxygen atoms in total. The minimum absolute atomic E-state index is 0.649. The molecule has 0 aromatic carbocycles. The Morgan fingerprint density at radius 3 is 2.68 bits per heavy atom. The molecule has 0 radical (unpaired) electrons. The van der Waals surface area contributed by atoms with Crippen molar-refractivity contribution in [2.75, 3.05) is 19.0 Å². The van der Waals surface area contributed by atoms with Gasteiger partial charge >= 0.3 is 0 Å². The molecule has 1 aliphatic rings. The van der Waals surface area contributed by atoms with Gasteiger partial charge in [0.1, 0.15) is 5.82 Å². The number of aromatic nitrogens is 1. The zero-order valence-corrected chi connectivity index (χ0v) is 12.7. The van der Waals surface area contributed by atoms with Crippen LogP contribution in [0.5, 0.6) is 0 Å². The number of rotatable bonds is 4. The van der Waals surface area contributed by atoms with Crippen molar-refractivity contribution in [1.82, 2.24) is 10.3 Å². The SMILES string of the molecule is CNCc1ccc(N(C)C2CCCCC2C)nc1C. The molecule has 0 bridgehead atoms. The van der Waals surface area contributed by atoms with Gasteiger partial charge in [-0.2, -0.15) is 0 Å². The summed E-state index contributed by atoms with van der Waals surface area (Å²) in [6, 6.07) is 5.02. The van der Waals surface area contributed by atoms with E-state index in [1.807, 2.05) is 7.05 Å². The van der Waals surface area contributed by atoms with Crippen molar-refractivity contribution in [2.45, 2.75) is 52.1 Å². The molecule has 1 fully saturated rings. The molecule has 1 aliphatic carbocycles. The maximum atomic E-state index is 4.79. The van der Waals surface area contributed by atoms with E-state index in [-0.39, 0.29) is 0 Å². The summed E-state index contributed by atoms with van der Waals surface area (Å²) >= 11 is 0. The number of hydrogen-bond acceptors (Lipinski definition) is 3. The molecule has 1 N–H and O–H groups in total. The second-order valence-corrected chi connectivity index (χ2v) is 5.88. The van der Waals surface area contributed by atoms with Crippen molar-refractivity contribution in [3.8, 4) is 0 Å². The number of nitrogens with one attached hydrogen (secondary N) is 1. The lowest BCUT2D eigenvalue weighted by atomic mass is 9.85. The van der Waals surface area contributed by atoms with Crippen LogP contribution >= 0.6 is 0 Å². The number of anilines is 1. The van der Waals surface area contributed by atoms with Gasteiger partial charge in [-0.05, 0) is 44.4 Å². The van der Waals surface area contributed by atoms with Gasteiger partial charge in [-0.25, -0.2) is 4.98 Å². The van der Waals surface area contributed by atoms with E-state index in [1.54, 1.807) is 0 Å². The number of aryl methyl sites for hydroxylation is 1. The van der Waals surface area contributed by atoms with Gasteiger partial charge in [-0.1, -0.05) is 25.8 Å². The molecular weight excluding hydrogens is 234 g/mol. The van der Waals surface area contributed by atoms with Gasteiger partial charge in [-0.15, -0.1) is 0 Å². The number of hydrogen-bond donors (Lipinski definition) is 1. The average Bonchev–Trinajstić information content (AvgIpc) is 2.41. The van der Waals surface area contributed by atoms with E-state index < -0.39 is 0 Å². The van der Waals surface area contributed by atoms with Crippen molar-refractivity contribution < 1.29 is 0 Å². The minimum atomic E-state index is 0.649. The standard InChI is InChI=1S/C16H27N3/c1-12-7-5-6-8-15(12)19(4)16-10-9-14(11-17-3)13(2)18-16/h9-10,12,15,17H,5-8,11H2,1-4H3. The molecule has 19 heavy (non-hydrogen) atoms. The third-order valence-corrected chi connectivity index (χ3v) is 4.47. The molecule has 0 spiro atoms. The highest BCUT2D eigenvalue weighted by atomic mass is 15.2. The lowest BCUT2D eigenvalue weighted by Crippen LogP contribution is -2.39. The Hall–Kier alpha value is -1.09. The van der Waals surface area contributed by atoms with E-state index in [9.17, 15) is 0 Å². The molecule has 2 unspecified atom stereocenters. The van der Waals surface area contributed by atoms with Crippen LogP contribution in [0.3, 0.4) is 0 Å². The molecule has 1 saturated carbocycles. The smallest absolute Gasteiger partial charge is 0.128 e. The summed E-state index contributed by atoms with van der Waals surface area (Å²) in [6.07, 6.45) is 5.40. The molecule has 106 valence electrons. The largest absolute Gasteiger partial charge is 0.356 e. The van der Waals surface area contributed by atoms with Crippen LogP contribution in [0.1, 0.15) is 43.9 Å². The molecule has 0 saturated heterocycles. The molecule has 1 heterocycles. The zero-order chi connectivity index (χ0) is 13.8. The van der Waals surface area contributed by atoms with Crippen molar-refractivity contribution in [2.24, 2.45) is 5.92 Å². The topological polar surface area (TPSA) is 28.2 Å². The Bertz CT molecular complexity index is 416. The van der Waals surface area contributed by atoms with Gasteiger partial charge in [-0.3, -0.25) is 0 Å². The van der Waals surface area contributed by atoms with E-state index in [4.69, 9.17) is 4.98 Å². The normalized spacial score (nSPS) is 23.4. The monoisotopic (exact) mass is 261 g/mol. The van der Waals surface area contributed by atoms with Crippen molar-refractivity contribution in [1.29, 1.82) is 0 Å². The third kappa shape index (κ3) is 3.27. The Balaban J connectivity index is 2.14. The second kappa shape index (κ2) is 6.38. The molecule has 2 rings (SSSR count). The van der Waals surface area contributed by atoms with Crippen LogP contribution in [0, 0.1) is 12.8 Å². The van der Waals surface area contributed by atoms with Gasteiger partial charge in [0.25, 0.3) is 0 Å². The number of pyridine rings is 1. The van der Waals surface area contributed by atoms with Crippen LogP contribution in [0.15, 0.2) is 12.1 Å². The van der Waals surface area contributed by atoms with Crippen molar-refractivity contribution in [3.05, 3.63) is 23.4 Å². The summed E-state index contributed by atoms with van der Waals surface area (Å²) in [6.45, 7) is 5.37. The van der Waals surface area contributed by atoms with E-state index in [1.165, 1.54) is 31.2 Å². The van der Waals surface area contributed by atoms with E-state index in [2.05, 4.69) is 43.2 Å². The van der Waals surface area contributed by atoms with Crippen LogP contribution in [-0.4, -0.2) is 25.1 Å². The fraction of sp³-hybridized carbons (Fsp3) is 0.688. The Labute approximate surface area is 117 Å². The second-order valence-electron chi connectivity index (χ2n) is 5.88. The van der Waals surface area contributed by atoms with Crippen LogP contribution in [-0.2, 0) is 6.54 Å². The maximum absolute atomic E-state index is 4.79. The van der Waals surface area contributed by atoms with E-state index in [0.29, 0.717) is 6.04 Å². The van der Waals surface area contributed by atoms with Crippen molar-refractivity contribution >= 4 is 5.82 Å². The highest BCUT2D eigenvalue weighted by Crippen LogP contribution is 2.29. The lowest BCUT2D eigenvalue weighted by molar-refractivity contribution is 0.320. The molecule has 1 aromatic heterocycles. The first-order chi connectivity index (χ1) is 9.13. The summed E-state index contributed by atoms with van der Waals surface area (Å²) in [5, 5.41) is 3.19. The molecule has 3 heteroatoms. The van der Waals surface area contributed by atoms with Crippen LogP contribution in [0.4, 0.5) is 5.82 Å². The van der Waals surface area contributed by atoms with Crippen molar-refractivity contribution in [3.63, 3.8) is 0 Å². The molecule has 1 aromatic rings. The molecule has 0 aliphatic heterocycles. The summed E-state index contributed by atoms with van der Waals surface area (Å²) in [5.74, 6) is 1.90. The van der Waals surface area contributed by atoms with Crippen LogP contribution in [0.25, 0.3) is 0 Å². The Morgan fingerprint density at radius 2 is 2.05 bits per heavy atom. The summed E-state index contributed by atoms with van der Waals surface area (Å²) in [7, 11) is 4.18. The maximum Gasteiger partial charge on any atom is 0.128 e. The van der Waals surface area contributed by atoms with Crippen LogP contribution < -0.4 is 10.2 Å². The highest BCUT2D eigenvalue weighted by Gasteiger charge is 2.25. The Morgan fingerprint density at radius 1 is 1.32 bits per heavy atom. The van der Waals surface area contributed by atoms with Gasteiger partial charge < -0.3 is 10.2 Å². The average molecular weight is 261 g/mol. The minimum Gasteiger partial charge on any atom is -0.356 e. The first-order valence-corrected chi connectivity index (χ1v) is 7.47. The van der Waals surface area contributed by atoms with Crippen LogP contribution in [0.2, 0.25) is 0 Å². The van der Waals surface area contributed by atoms with Gasteiger partial charge in [0.15, 0.2) is 0 Å². The predicted molar refractivity (Wildman–Crippen MR) is 81.6 cm³/mol. The van der Waals surface area contributed by atoms with E-state index >= 15 is 0 Å². The molecule has 2 atom stereocenters. The zero-order valence-electron chi connectivity index (χ0n) is 12.7. The highest BCUT2D eigenvalue weighted by molar-refractivity contribution is 5.42. The quantitative estimate of drug-likeness (QED) is 0.902. The Kier molecular flexibility index (Phi) is 4.81. The van der Waals surface area contributed by atoms with Gasteiger partial charge in [0, 0.05) is 25.3 Å². The number of nitrogens with zero attached hydrogens (tertiary/aromatic N) is 2. The summed E-state index contributed by atoms with van der Waals surface area (Å²) in [4.78, 5) is 7.18. The predicted octanol–water partition coefficient (Wildman–Crippen LogP) is 3.12. The van der Waals surface area contributed by atoms with E-state index in [0.717, 1.165) is 24.0 Å². The first kappa shape index (κ1) is 14.3. The fourth-order valence-corrected chi connectivity index (χ4v) is 3.19. The third-order valence-electron chi connectivity index (χ3n) is 4.47.